The molecule has 0 aliphatic heterocycles. The number of guanidine groups is 1. The molecule has 2 rings (SSSR count). The van der Waals surface area contributed by atoms with Crippen molar-refractivity contribution in [1.82, 2.24) is 10.3 Å². The Hall–Kier alpha value is -2.28. The van der Waals surface area contributed by atoms with Gasteiger partial charge in [0.05, 0.1) is 6.17 Å². The molecule has 7 N–H and O–H groups in total. The van der Waals surface area contributed by atoms with Crippen LogP contribution in [0.4, 0.5) is 5.13 Å². The Balaban J connectivity index is 2.33. The zero-order valence-electron chi connectivity index (χ0n) is 12.0. The molecule has 2 aromatic rings. The SMILES string of the molecule is CNC(N)C(N=S(=O)=O)c1ccc(-c2csc(N=C(N)N)n2)o1. The molecule has 2 heterocycles. The number of hydrogen-bond donors (Lipinski definition) is 4. The Bertz CT molecular complexity index is 827. The smallest absolute Gasteiger partial charge is 0.311 e. The third kappa shape index (κ3) is 4.35. The Labute approximate surface area is 137 Å². The normalized spacial score (nSPS) is 13.3. The minimum Gasteiger partial charge on any atom is -0.457 e. The van der Waals surface area contributed by atoms with E-state index in [1.54, 1.807) is 24.6 Å². The average Bonchev–Trinajstić information content (AvgIpc) is 3.12. The van der Waals surface area contributed by atoms with Gasteiger partial charge in [0.2, 0.25) is 5.13 Å². The number of aliphatic imine (C=N–C) groups is 1. The van der Waals surface area contributed by atoms with Gasteiger partial charge in [-0.1, -0.05) is 0 Å². The second-order valence-corrected chi connectivity index (χ2v) is 5.82. The quantitative estimate of drug-likeness (QED) is 0.315. The predicted molar refractivity (Wildman–Crippen MR) is 86.4 cm³/mol. The Morgan fingerprint density at radius 2 is 2.17 bits per heavy atom. The van der Waals surface area contributed by atoms with E-state index in [0.29, 0.717) is 22.3 Å². The first-order valence-electron chi connectivity index (χ1n) is 6.29. The highest BCUT2D eigenvalue weighted by molar-refractivity contribution is 7.61. The lowest BCUT2D eigenvalue weighted by molar-refractivity contribution is 0.405. The van der Waals surface area contributed by atoms with Crippen molar-refractivity contribution in [3.63, 3.8) is 0 Å². The maximum absolute atomic E-state index is 10.8. The van der Waals surface area contributed by atoms with Crippen LogP contribution in [-0.2, 0) is 10.5 Å². The zero-order chi connectivity index (χ0) is 17.0. The summed E-state index contributed by atoms with van der Waals surface area (Å²) in [5.74, 6) is 0.624. The van der Waals surface area contributed by atoms with Crippen LogP contribution in [0.3, 0.4) is 0 Å². The number of nitrogens with two attached hydrogens (primary N) is 3. The van der Waals surface area contributed by atoms with E-state index >= 15 is 0 Å². The summed E-state index contributed by atoms with van der Waals surface area (Å²) >= 11 is 1.23. The first-order chi connectivity index (χ1) is 10.9. The molecule has 2 aromatic heterocycles. The van der Waals surface area contributed by atoms with Crippen molar-refractivity contribution in [2.45, 2.75) is 12.2 Å². The van der Waals surface area contributed by atoms with Crippen LogP contribution >= 0.6 is 11.3 Å². The lowest BCUT2D eigenvalue weighted by Gasteiger charge is -2.15. The lowest BCUT2D eigenvalue weighted by atomic mass is 10.2. The van der Waals surface area contributed by atoms with E-state index in [1.165, 1.54) is 11.3 Å². The summed E-state index contributed by atoms with van der Waals surface area (Å²) < 4.78 is 30.8. The maximum atomic E-state index is 10.8. The molecule has 0 fully saturated rings. The Kier molecular flexibility index (Phi) is 5.44. The van der Waals surface area contributed by atoms with Gasteiger partial charge in [0.15, 0.2) is 17.8 Å². The van der Waals surface area contributed by atoms with Crippen LogP contribution in [0.15, 0.2) is 31.3 Å². The van der Waals surface area contributed by atoms with E-state index in [0.717, 1.165) is 0 Å². The molecule has 0 aliphatic carbocycles. The molecule has 2 atom stereocenters. The van der Waals surface area contributed by atoms with Crippen molar-refractivity contribution in [2.75, 3.05) is 7.05 Å². The molecule has 0 radical (unpaired) electrons. The number of nitrogens with zero attached hydrogens (tertiary/aromatic N) is 3. The average molecular weight is 357 g/mol. The van der Waals surface area contributed by atoms with Crippen molar-refractivity contribution in [3.05, 3.63) is 23.3 Å². The fourth-order valence-corrected chi connectivity index (χ4v) is 2.85. The topological polar surface area (TPSA) is 175 Å². The molecular formula is C11H15N7O3S2. The second-order valence-electron chi connectivity index (χ2n) is 4.34. The third-order valence-corrected chi connectivity index (χ3v) is 3.89. The molecule has 124 valence electrons. The Morgan fingerprint density at radius 3 is 2.78 bits per heavy atom. The number of thiazole rings is 1. The lowest BCUT2D eigenvalue weighted by Crippen LogP contribution is -2.39. The van der Waals surface area contributed by atoms with E-state index in [4.69, 9.17) is 21.6 Å². The van der Waals surface area contributed by atoms with E-state index in [9.17, 15) is 8.42 Å². The van der Waals surface area contributed by atoms with Crippen molar-refractivity contribution < 1.29 is 12.8 Å². The van der Waals surface area contributed by atoms with Gasteiger partial charge in [-0.3, -0.25) is 0 Å². The summed E-state index contributed by atoms with van der Waals surface area (Å²) in [5, 5.41) is 4.83. The molecule has 0 saturated heterocycles. The summed E-state index contributed by atoms with van der Waals surface area (Å²) in [6.07, 6.45) is -0.723. The van der Waals surface area contributed by atoms with E-state index in [-0.39, 0.29) is 5.96 Å². The Morgan fingerprint density at radius 1 is 1.43 bits per heavy atom. The standard InChI is InChI=1S/C11H15N7O3S2/c1-15-9(12)8(18-23(19)20)7-3-2-6(21-7)5-4-22-11(16-5)17-10(13)14/h2-4,8-9,15H,12H2,1H3,(H4,13,14,16,17). The highest BCUT2D eigenvalue weighted by Gasteiger charge is 2.23. The molecule has 2 unspecified atom stereocenters. The summed E-state index contributed by atoms with van der Waals surface area (Å²) in [6.45, 7) is 0. The van der Waals surface area contributed by atoms with Gasteiger partial charge in [0, 0.05) is 5.38 Å². The van der Waals surface area contributed by atoms with Crippen molar-refractivity contribution in [2.24, 2.45) is 26.6 Å². The van der Waals surface area contributed by atoms with Gasteiger partial charge in [0.25, 0.3) is 0 Å². The van der Waals surface area contributed by atoms with Gasteiger partial charge in [-0.25, -0.2) is 4.98 Å². The molecule has 12 heteroatoms. The summed E-state index contributed by atoms with van der Waals surface area (Å²) in [5.41, 5.74) is 16.9. The molecule has 23 heavy (non-hydrogen) atoms. The highest BCUT2D eigenvalue weighted by Crippen LogP contribution is 2.31. The minimum atomic E-state index is -2.62. The van der Waals surface area contributed by atoms with Crippen LogP contribution in [0.1, 0.15) is 11.8 Å². The zero-order valence-corrected chi connectivity index (χ0v) is 13.6. The molecule has 0 amide bonds. The van der Waals surface area contributed by atoms with Gasteiger partial charge < -0.3 is 26.9 Å². The van der Waals surface area contributed by atoms with Gasteiger partial charge >= 0.3 is 10.5 Å². The minimum absolute atomic E-state index is 0.0946. The molecule has 0 aromatic carbocycles. The second kappa shape index (κ2) is 7.32. The van der Waals surface area contributed by atoms with Crippen LogP contribution < -0.4 is 22.5 Å². The molecule has 0 aliphatic rings. The van der Waals surface area contributed by atoms with Crippen molar-refractivity contribution in [3.8, 4) is 11.5 Å². The first-order valence-corrected chi connectivity index (χ1v) is 8.20. The number of aromatic nitrogens is 1. The van der Waals surface area contributed by atoms with Crippen molar-refractivity contribution >= 4 is 32.9 Å². The fraction of sp³-hybridized carbons (Fsp3) is 0.273. The van der Waals surface area contributed by atoms with Gasteiger partial charge in [-0.2, -0.15) is 17.8 Å². The van der Waals surface area contributed by atoms with Crippen LogP contribution in [0.25, 0.3) is 11.5 Å². The van der Waals surface area contributed by atoms with Crippen LogP contribution in [0, 0.1) is 0 Å². The summed E-state index contributed by atoms with van der Waals surface area (Å²) in [4.78, 5) is 8.03. The van der Waals surface area contributed by atoms with Gasteiger partial charge in [0.1, 0.15) is 11.5 Å². The molecule has 0 saturated carbocycles. The van der Waals surface area contributed by atoms with E-state index < -0.39 is 22.7 Å². The number of rotatable bonds is 6. The fourth-order valence-electron chi connectivity index (χ4n) is 1.73. The first kappa shape index (κ1) is 17.1. The number of nitrogens with one attached hydrogen (secondary N) is 1. The predicted octanol–water partition coefficient (Wildman–Crippen LogP) is -0.0840. The van der Waals surface area contributed by atoms with Gasteiger partial charge in [-0.05, 0) is 19.2 Å². The van der Waals surface area contributed by atoms with Crippen molar-refractivity contribution in [1.29, 1.82) is 0 Å². The highest BCUT2D eigenvalue weighted by atomic mass is 32.2. The third-order valence-electron chi connectivity index (χ3n) is 2.76. The molecule has 0 bridgehead atoms. The van der Waals surface area contributed by atoms with Crippen LogP contribution in [-0.4, -0.2) is 32.6 Å². The monoisotopic (exact) mass is 357 g/mol. The molecular weight excluding hydrogens is 342 g/mol. The maximum Gasteiger partial charge on any atom is 0.311 e. The number of furan rings is 1. The van der Waals surface area contributed by atoms with Crippen LogP contribution in [0.2, 0.25) is 0 Å². The van der Waals surface area contributed by atoms with Gasteiger partial charge in [-0.15, -0.1) is 11.3 Å². The summed E-state index contributed by atoms with van der Waals surface area (Å²) in [6, 6.07) is 2.35. The van der Waals surface area contributed by atoms with E-state index in [2.05, 4.69) is 19.7 Å². The number of likely N-dealkylation sites (N-methyl/N-ethyl adjacent to an activating group) is 1. The largest absolute Gasteiger partial charge is 0.457 e. The number of hydrogen-bond acceptors (Lipinski definition) is 9. The van der Waals surface area contributed by atoms with E-state index in [1.807, 2.05) is 0 Å². The molecule has 10 nitrogen and oxygen atoms in total. The summed E-state index contributed by atoms with van der Waals surface area (Å²) in [7, 11) is -1.03. The molecule has 0 spiro atoms. The van der Waals surface area contributed by atoms with Crippen LogP contribution in [0.5, 0.6) is 0 Å².